The predicted molar refractivity (Wildman–Crippen MR) is 101 cm³/mol. The molecule has 3 rings (SSSR count). The van der Waals surface area contributed by atoms with Crippen molar-refractivity contribution < 1.29 is 13.9 Å². The number of nitrogens with zero attached hydrogens (tertiary/aromatic N) is 1. The molecule has 0 bridgehead atoms. The highest BCUT2D eigenvalue weighted by molar-refractivity contribution is 7.15. The number of methoxy groups -OCH3 is 1. The van der Waals surface area contributed by atoms with E-state index >= 15 is 0 Å². The maximum Gasteiger partial charge on any atom is 0.245 e. The average Bonchev–Trinajstić information content (AvgIpc) is 3.09. The molecule has 134 valence electrons. The van der Waals surface area contributed by atoms with E-state index in [1.807, 2.05) is 24.3 Å². The van der Waals surface area contributed by atoms with Crippen molar-refractivity contribution in [1.82, 2.24) is 4.98 Å². The minimum absolute atomic E-state index is 0.138. The number of rotatable bonds is 7. The molecule has 1 heterocycles. The molecule has 0 saturated carbocycles. The maximum absolute atomic E-state index is 12.9. The Bertz CT molecular complexity index is 863. The fourth-order valence-corrected chi connectivity index (χ4v) is 3.17. The Hall–Kier alpha value is -2.93. The van der Waals surface area contributed by atoms with Gasteiger partial charge in [-0.15, -0.1) is 11.3 Å². The summed E-state index contributed by atoms with van der Waals surface area (Å²) < 4.78 is 18.0. The summed E-state index contributed by atoms with van der Waals surface area (Å²) in [5, 5.41) is 6.36. The largest absolute Gasteiger partial charge is 0.497 e. The predicted octanol–water partition coefficient (Wildman–Crippen LogP) is 3.93. The Morgan fingerprint density at radius 3 is 2.58 bits per heavy atom. The van der Waals surface area contributed by atoms with Gasteiger partial charge in [0.2, 0.25) is 5.91 Å². The molecule has 2 aromatic carbocycles. The molecule has 0 fully saturated rings. The van der Waals surface area contributed by atoms with Gasteiger partial charge < -0.3 is 15.4 Å². The average molecular weight is 371 g/mol. The number of aromatic nitrogens is 1. The normalized spacial score (nSPS) is 10.4. The summed E-state index contributed by atoms with van der Waals surface area (Å²) in [6, 6.07) is 13.7. The lowest BCUT2D eigenvalue weighted by Gasteiger charge is -2.07. The highest BCUT2D eigenvalue weighted by Gasteiger charge is 2.07. The third-order valence-electron chi connectivity index (χ3n) is 3.63. The van der Waals surface area contributed by atoms with Gasteiger partial charge in [-0.1, -0.05) is 12.1 Å². The van der Waals surface area contributed by atoms with Crippen molar-refractivity contribution >= 4 is 28.1 Å². The minimum atomic E-state index is -0.254. The lowest BCUT2D eigenvalue weighted by molar-refractivity contribution is -0.114. The molecule has 0 aliphatic rings. The Kier molecular flexibility index (Phi) is 5.80. The Morgan fingerprint density at radius 1 is 1.15 bits per heavy atom. The lowest BCUT2D eigenvalue weighted by atomic mass is 10.1. The quantitative estimate of drug-likeness (QED) is 0.660. The second-order valence-corrected chi connectivity index (χ2v) is 6.68. The van der Waals surface area contributed by atoms with Crippen LogP contribution >= 0.6 is 11.3 Å². The van der Waals surface area contributed by atoms with Crippen LogP contribution in [0.25, 0.3) is 0 Å². The van der Waals surface area contributed by atoms with Crippen molar-refractivity contribution in [3.05, 3.63) is 71.0 Å². The van der Waals surface area contributed by atoms with Crippen LogP contribution in [0.3, 0.4) is 0 Å². The number of anilines is 2. The minimum Gasteiger partial charge on any atom is -0.497 e. The first-order valence-corrected chi connectivity index (χ1v) is 8.81. The standard InChI is InChI=1S/C19H18FN3O2S/c1-25-16-8-6-15(7-9-16)21-12-18(24)23-19-22-11-17(26-19)10-13-2-4-14(20)5-3-13/h2-9,11,21H,10,12H2,1H3,(H,22,23,24). The highest BCUT2D eigenvalue weighted by Crippen LogP contribution is 2.21. The monoisotopic (exact) mass is 371 g/mol. The van der Waals surface area contributed by atoms with E-state index in [0.717, 1.165) is 21.9 Å². The molecule has 0 aliphatic heterocycles. The maximum atomic E-state index is 12.9. The van der Waals surface area contributed by atoms with E-state index in [1.165, 1.54) is 23.5 Å². The molecule has 0 spiro atoms. The molecule has 1 aromatic heterocycles. The number of carbonyl (C=O) groups is 1. The molecular weight excluding hydrogens is 353 g/mol. The van der Waals surface area contributed by atoms with Gasteiger partial charge in [0.25, 0.3) is 0 Å². The van der Waals surface area contributed by atoms with E-state index in [4.69, 9.17) is 4.74 Å². The first kappa shape index (κ1) is 17.9. The molecule has 2 N–H and O–H groups in total. The van der Waals surface area contributed by atoms with Crippen LogP contribution in [0, 0.1) is 5.82 Å². The van der Waals surface area contributed by atoms with Crippen LogP contribution < -0.4 is 15.4 Å². The number of amides is 1. The Morgan fingerprint density at radius 2 is 1.88 bits per heavy atom. The Labute approximate surface area is 154 Å². The zero-order valence-electron chi connectivity index (χ0n) is 14.2. The molecule has 1 amide bonds. The highest BCUT2D eigenvalue weighted by atomic mass is 32.1. The van der Waals surface area contributed by atoms with Gasteiger partial charge in [-0.05, 0) is 42.0 Å². The van der Waals surface area contributed by atoms with Gasteiger partial charge in [-0.25, -0.2) is 9.37 Å². The summed E-state index contributed by atoms with van der Waals surface area (Å²) in [5.41, 5.74) is 1.83. The second kappa shape index (κ2) is 8.44. The van der Waals surface area contributed by atoms with E-state index in [9.17, 15) is 9.18 Å². The number of carbonyl (C=O) groups excluding carboxylic acids is 1. The zero-order chi connectivity index (χ0) is 18.4. The van der Waals surface area contributed by atoms with Crippen molar-refractivity contribution in [3.8, 4) is 5.75 Å². The van der Waals surface area contributed by atoms with Crippen LogP contribution in [-0.2, 0) is 11.2 Å². The first-order valence-electron chi connectivity index (χ1n) is 7.99. The number of benzene rings is 2. The molecule has 0 atom stereocenters. The molecule has 5 nitrogen and oxygen atoms in total. The summed E-state index contributed by atoms with van der Waals surface area (Å²) in [5.74, 6) is 0.329. The first-order chi connectivity index (χ1) is 12.6. The molecule has 26 heavy (non-hydrogen) atoms. The van der Waals surface area contributed by atoms with E-state index < -0.39 is 0 Å². The number of nitrogens with one attached hydrogen (secondary N) is 2. The summed E-state index contributed by atoms with van der Waals surface area (Å²) >= 11 is 1.41. The molecule has 3 aromatic rings. The van der Waals surface area contributed by atoms with Crippen molar-refractivity contribution in [2.24, 2.45) is 0 Å². The van der Waals surface area contributed by atoms with Crippen molar-refractivity contribution in [1.29, 1.82) is 0 Å². The summed E-state index contributed by atoms with van der Waals surface area (Å²) in [6.45, 7) is 0.138. The number of hydrogen-bond acceptors (Lipinski definition) is 5. The van der Waals surface area contributed by atoms with Crippen LogP contribution in [0.4, 0.5) is 15.2 Å². The fraction of sp³-hybridized carbons (Fsp3) is 0.158. The van der Waals surface area contributed by atoms with Crippen LogP contribution in [0.1, 0.15) is 10.4 Å². The third kappa shape index (κ3) is 5.03. The number of ether oxygens (including phenoxy) is 1. The van der Waals surface area contributed by atoms with Crippen molar-refractivity contribution in [2.75, 3.05) is 24.3 Å². The SMILES string of the molecule is COc1ccc(NCC(=O)Nc2ncc(Cc3ccc(F)cc3)s2)cc1. The van der Waals surface area contributed by atoms with Gasteiger partial charge in [-0.3, -0.25) is 4.79 Å². The van der Waals surface area contributed by atoms with Gasteiger partial charge in [0.05, 0.1) is 13.7 Å². The van der Waals surface area contributed by atoms with Gasteiger partial charge in [-0.2, -0.15) is 0 Å². The van der Waals surface area contributed by atoms with Gasteiger partial charge in [0.1, 0.15) is 11.6 Å². The number of halogens is 1. The summed E-state index contributed by atoms with van der Waals surface area (Å²) in [4.78, 5) is 17.3. The molecule has 0 unspecified atom stereocenters. The smallest absolute Gasteiger partial charge is 0.245 e. The zero-order valence-corrected chi connectivity index (χ0v) is 15.0. The number of hydrogen-bond donors (Lipinski definition) is 2. The van der Waals surface area contributed by atoms with E-state index in [1.54, 1.807) is 25.4 Å². The van der Waals surface area contributed by atoms with Gasteiger partial charge in [0, 0.05) is 23.2 Å². The molecule has 0 radical (unpaired) electrons. The van der Waals surface area contributed by atoms with Gasteiger partial charge >= 0.3 is 0 Å². The van der Waals surface area contributed by atoms with Crippen LogP contribution in [0.5, 0.6) is 5.75 Å². The summed E-state index contributed by atoms with van der Waals surface area (Å²) in [7, 11) is 1.61. The van der Waals surface area contributed by atoms with Gasteiger partial charge in [0.15, 0.2) is 5.13 Å². The number of thiazole rings is 1. The molecule has 0 aliphatic carbocycles. The molecular formula is C19H18FN3O2S. The molecule has 7 heteroatoms. The topological polar surface area (TPSA) is 63.2 Å². The Balaban J connectivity index is 1.49. The van der Waals surface area contributed by atoms with Crippen LogP contribution in [0.2, 0.25) is 0 Å². The van der Waals surface area contributed by atoms with Crippen LogP contribution in [0.15, 0.2) is 54.7 Å². The van der Waals surface area contributed by atoms with E-state index in [2.05, 4.69) is 15.6 Å². The van der Waals surface area contributed by atoms with Crippen molar-refractivity contribution in [2.45, 2.75) is 6.42 Å². The van der Waals surface area contributed by atoms with E-state index in [-0.39, 0.29) is 18.3 Å². The fourth-order valence-electron chi connectivity index (χ4n) is 2.31. The van der Waals surface area contributed by atoms with Crippen molar-refractivity contribution in [3.63, 3.8) is 0 Å². The second-order valence-electron chi connectivity index (χ2n) is 5.57. The summed E-state index contributed by atoms with van der Waals surface area (Å²) in [6.07, 6.45) is 2.37. The third-order valence-corrected chi connectivity index (χ3v) is 4.55. The lowest BCUT2D eigenvalue weighted by Crippen LogP contribution is -2.21. The molecule has 0 saturated heterocycles. The van der Waals surface area contributed by atoms with E-state index in [0.29, 0.717) is 11.6 Å². The van der Waals surface area contributed by atoms with Crippen LogP contribution in [-0.4, -0.2) is 24.5 Å².